The third-order valence-corrected chi connectivity index (χ3v) is 2.71. The molecule has 0 bridgehead atoms. The molecular weight excluding hydrogens is 553 g/mol. The quantitative estimate of drug-likeness (QED) is 0.0835. The van der Waals surface area contributed by atoms with Crippen molar-refractivity contribution in [3.05, 3.63) is 12.0 Å². The van der Waals surface area contributed by atoms with E-state index in [9.17, 15) is 59.1 Å². The minimum absolute atomic E-state index is 0. The topological polar surface area (TPSA) is 420 Å². The molecule has 0 heterocycles. The van der Waals surface area contributed by atoms with Gasteiger partial charge in [0, 0.05) is 37.2 Å². The molecule has 0 amide bonds. The van der Waals surface area contributed by atoms with Gasteiger partial charge in [0.25, 0.3) is 0 Å². The Morgan fingerprint density at radius 1 is 0.526 bits per heavy atom. The van der Waals surface area contributed by atoms with Crippen LogP contribution in [0.25, 0.3) is 0 Å². The molecule has 38 heavy (non-hydrogen) atoms. The SMILES string of the molecule is NC(C=C([O-])[O-])C(=O)O.NC(CC(=O)[O-])C(=O)O.NC(CC(=O)[O-])C(=O)O.NC(CC(=O)[O-])C(=O)O.[Mg+2].[Mg+2]. The summed E-state index contributed by atoms with van der Waals surface area (Å²) in [6.07, 6.45) is -1.54. The van der Waals surface area contributed by atoms with Gasteiger partial charge < -0.3 is 83.3 Å². The molecule has 208 valence electrons. The Kier molecular flexibility index (Phi) is 34.2. The van der Waals surface area contributed by atoms with Gasteiger partial charge in [-0.25, -0.2) is 5.95 Å². The van der Waals surface area contributed by atoms with Gasteiger partial charge in [0.1, 0.15) is 24.2 Å². The second-order valence-corrected chi connectivity index (χ2v) is 5.91. The zero-order valence-corrected chi connectivity index (χ0v) is 22.2. The fourth-order valence-electron chi connectivity index (χ4n) is 1.02. The molecular formula is C16H23Mg2N4O16-. The van der Waals surface area contributed by atoms with Crippen molar-refractivity contribution in [3.63, 3.8) is 0 Å². The summed E-state index contributed by atoms with van der Waals surface area (Å²) in [5, 5.41) is 80.2. The average Bonchev–Trinajstić information content (AvgIpc) is 2.67. The Hall–Kier alpha value is -3.00. The Bertz CT molecular complexity index is 730. The summed E-state index contributed by atoms with van der Waals surface area (Å²) in [4.78, 5) is 68.2. The second kappa shape index (κ2) is 27.0. The molecule has 0 aromatic heterocycles. The van der Waals surface area contributed by atoms with Crippen LogP contribution in [0.4, 0.5) is 0 Å². The van der Waals surface area contributed by atoms with Gasteiger partial charge in [-0.15, -0.1) is 0 Å². The van der Waals surface area contributed by atoms with Crippen molar-refractivity contribution < 1.29 is 79.5 Å². The van der Waals surface area contributed by atoms with E-state index < -0.39 is 91.2 Å². The Labute approximate surface area is 245 Å². The van der Waals surface area contributed by atoms with E-state index in [2.05, 4.69) is 0 Å². The smallest absolute Gasteiger partial charge is 0.884 e. The fraction of sp³-hybridized carbons (Fsp3) is 0.438. The number of hydrogen-bond acceptors (Lipinski definition) is 16. The van der Waals surface area contributed by atoms with Crippen LogP contribution in [0, 0.1) is 0 Å². The molecule has 4 unspecified atom stereocenters. The number of hydrogen-bond donors (Lipinski definition) is 8. The predicted molar refractivity (Wildman–Crippen MR) is 111 cm³/mol. The largest absolute Gasteiger partial charge is 2.00 e. The maximum Gasteiger partial charge on any atom is 2.00 e. The Morgan fingerprint density at radius 3 is 0.789 bits per heavy atom. The van der Waals surface area contributed by atoms with Gasteiger partial charge in [0.05, 0.1) is 0 Å². The van der Waals surface area contributed by atoms with E-state index in [0.717, 1.165) is 0 Å². The molecule has 0 saturated carbocycles. The molecule has 0 saturated heterocycles. The van der Waals surface area contributed by atoms with Gasteiger partial charge in [-0.1, -0.05) is 6.08 Å². The number of carbonyl (C=O) groups is 7. The number of carbonyl (C=O) groups excluding carboxylic acids is 3. The molecule has 0 radical (unpaired) electrons. The van der Waals surface area contributed by atoms with Crippen molar-refractivity contribution in [1.82, 2.24) is 0 Å². The van der Waals surface area contributed by atoms with Crippen molar-refractivity contribution in [3.8, 4) is 0 Å². The molecule has 0 aromatic rings. The molecule has 0 aliphatic rings. The van der Waals surface area contributed by atoms with E-state index in [-0.39, 0.29) is 46.1 Å². The first-order chi connectivity index (χ1) is 16.1. The van der Waals surface area contributed by atoms with E-state index in [1.54, 1.807) is 0 Å². The van der Waals surface area contributed by atoms with Crippen LogP contribution >= 0.6 is 0 Å². The number of carboxylic acid groups (broad SMARTS) is 7. The third kappa shape index (κ3) is 40.2. The molecule has 12 N–H and O–H groups in total. The minimum atomic E-state index is -1.58. The molecule has 0 fully saturated rings. The first kappa shape index (κ1) is 48.1. The summed E-state index contributed by atoms with van der Waals surface area (Å²) in [6.45, 7) is 0. The van der Waals surface area contributed by atoms with Gasteiger partial charge in [0.15, 0.2) is 0 Å². The van der Waals surface area contributed by atoms with Gasteiger partial charge in [-0.3, -0.25) is 19.2 Å². The summed E-state index contributed by atoms with van der Waals surface area (Å²) in [7, 11) is 0. The van der Waals surface area contributed by atoms with Gasteiger partial charge in [0.2, 0.25) is 0 Å². The number of rotatable bonds is 11. The molecule has 0 aliphatic carbocycles. The molecule has 0 aromatic carbocycles. The molecule has 20 nitrogen and oxygen atoms in total. The van der Waals surface area contributed by atoms with Crippen LogP contribution in [-0.4, -0.2) is 132 Å². The third-order valence-electron chi connectivity index (χ3n) is 2.71. The van der Waals surface area contributed by atoms with E-state index >= 15 is 0 Å². The molecule has 4 atom stereocenters. The maximum absolute atomic E-state index is 9.82. The molecule has 0 rings (SSSR count). The standard InChI is InChI=1S/4C4H7NO4.2Mg/c4*5-2(4(8)9)1-3(6)7;;/h3*2H,1,5H2,(H,6,7)(H,8,9);1-2,6-7H,5H2,(H,8,9);;/q;;;;2*+2/p-5. The number of carboxylic acids is 7. The van der Waals surface area contributed by atoms with E-state index in [0.29, 0.717) is 6.08 Å². The second-order valence-electron chi connectivity index (χ2n) is 5.91. The monoisotopic (exact) mass is 575 g/mol. The molecule has 22 heteroatoms. The Balaban J connectivity index is -0.0000000883. The van der Waals surface area contributed by atoms with Crippen molar-refractivity contribution in [2.45, 2.75) is 43.4 Å². The van der Waals surface area contributed by atoms with Crippen LogP contribution < -0.4 is 48.5 Å². The van der Waals surface area contributed by atoms with Crippen LogP contribution in [0.2, 0.25) is 0 Å². The molecule has 0 spiro atoms. The summed E-state index contributed by atoms with van der Waals surface area (Å²) >= 11 is 0. The van der Waals surface area contributed by atoms with Crippen LogP contribution in [0.3, 0.4) is 0 Å². The van der Waals surface area contributed by atoms with E-state index in [1.165, 1.54) is 0 Å². The predicted octanol–water partition coefficient (Wildman–Crippen LogP) is -11.2. The zero-order chi connectivity index (χ0) is 29.8. The van der Waals surface area contributed by atoms with E-state index in [1.807, 2.05) is 0 Å². The van der Waals surface area contributed by atoms with Crippen LogP contribution in [-0.2, 0) is 33.6 Å². The summed E-state index contributed by atoms with van der Waals surface area (Å²) < 4.78 is 0. The summed E-state index contributed by atoms with van der Waals surface area (Å²) in [5.74, 6) is -11.3. The normalized spacial score (nSPS) is 11.8. The maximum atomic E-state index is 9.82. The van der Waals surface area contributed by atoms with Crippen LogP contribution in [0.15, 0.2) is 12.0 Å². The fourth-order valence-corrected chi connectivity index (χ4v) is 1.02. The van der Waals surface area contributed by atoms with Gasteiger partial charge in [-0.2, -0.15) is 0 Å². The van der Waals surface area contributed by atoms with Gasteiger partial charge >= 0.3 is 70.0 Å². The van der Waals surface area contributed by atoms with Gasteiger partial charge in [-0.05, 0) is 0 Å². The van der Waals surface area contributed by atoms with Crippen molar-refractivity contribution >= 4 is 87.9 Å². The van der Waals surface area contributed by atoms with Crippen molar-refractivity contribution in [2.24, 2.45) is 22.9 Å². The van der Waals surface area contributed by atoms with E-state index in [4.69, 9.17) is 43.4 Å². The minimum Gasteiger partial charge on any atom is -0.884 e. The molecule has 0 aliphatic heterocycles. The first-order valence-electron chi connectivity index (χ1n) is 8.74. The van der Waals surface area contributed by atoms with Crippen LogP contribution in [0.1, 0.15) is 19.3 Å². The average molecular weight is 576 g/mol. The van der Waals surface area contributed by atoms with Crippen LogP contribution in [0.5, 0.6) is 0 Å². The number of aliphatic carboxylic acids is 7. The first-order valence-corrected chi connectivity index (χ1v) is 8.74. The number of nitrogens with two attached hydrogens (primary N) is 4. The Morgan fingerprint density at radius 2 is 0.737 bits per heavy atom. The van der Waals surface area contributed by atoms with Crippen molar-refractivity contribution in [2.75, 3.05) is 0 Å². The zero-order valence-electron chi connectivity index (χ0n) is 19.4. The summed E-state index contributed by atoms with van der Waals surface area (Å²) in [6, 6.07) is -5.53. The van der Waals surface area contributed by atoms with Crippen molar-refractivity contribution in [1.29, 1.82) is 0 Å². The summed E-state index contributed by atoms with van der Waals surface area (Å²) in [5.41, 5.74) is 19.1.